The molecule has 68 valence electrons. The number of hydrogen-bond acceptors (Lipinski definition) is 4. The highest BCUT2D eigenvalue weighted by Crippen LogP contribution is 2.28. The second-order valence-corrected chi connectivity index (χ2v) is 3.15. The summed E-state index contributed by atoms with van der Waals surface area (Å²) in [5.41, 5.74) is 5.14. The lowest BCUT2D eigenvalue weighted by molar-refractivity contribution is -0.143. The van der Waals surface area contributed by atoms with Gasteiger partial charge in [-0.2, -0.15) is 0 Å². The molecule has 0 aromatic carbocycles. The maximum atomic E-state index is 10.8. The van der Waals surface area contributed by atoms with Crippen LogP contribution in [0.5, 0.6) is 0 Å². The predicted molar refractivity (Wildman–Crippen MR) is 40.2 cm³/mol. The zero-order valence-electron chi connectivity index (χ0n) is 6.71. The fourth-order valence-corrected chi connectivity index (χ4v) is 1.65. The summed E-state index contributed by atoms with van der Waals surface area (Å²) in [5.74, 6) is -0.911. The van der Waals surface area contributed by atoms with Gasteiger partial charge in [0.15, 0.2) is 5.79 Å². The Kier molecular flexibility index (Phi) is 1.79. The van der Waals surface area contributed by atoms with Gasteiger partial charge >= 0.3 is 0 Å². The smallest absolute Gasteiger partial charge is 0.234 e. The van der Waals surface area contributed by atoms with E-state index < -0.39 is 5.79 Å². The Morgan fingerprint density at radius 1 is 1.50 bits per heavy atom. The molecule has 2 saturated heterocycles. The van der Waals surface area contributed by atoms with Gasteiger partial charge in [0, 0.05) is 6.42 Å². The molecule has 12 heavy (non-hydrogen) atoms. The Labute approximate surface area is 70.2 Å². The van der Waals surface area contributed by atoms with E-state index in [1.807, 2.05) is 0 Å². The summed E-state index contributed by atoms with van der Waals surface area (Å²) in [7, 11) is 0. The van der Waals surface area contributed by atoms with Gasteiger partial charge in [-0.15, -0.1) is 0 Å². The standard InChI is InChI=1S/C7H12N2O3/c8-6(10)5-3-7(4-9-5)11-1-2-12-7/h5,9H,1-4H2,(H2,8,10)/t5-/m0/s1. The topological polar surface area (TPSA) is 73.6 Å². The van der Waals surface area contributed by atoms with Crippen molar-refractivity contribution in [3.63, 3.8) is 0 Å². The zero-order valence-corrected chi connectivity index (χ0v) is 6.71. The van der Waals surface area contributed by atoms with E-state index in [2.05, 4.69) is 5.32 Å². The molecule has 3 N–H and O–H groups in total. The van der Waals surface area contributed by atoms with Gasteiger partial charge in [-0.25, -0.2) is 0 Å². The van der Waals surface area contributed by atoms with Gasteiger partial charge in [-0.05, 0) is 0 Å². The van der Waals surface area contributed by atoms with Crippen molar-refractivity contribution in [2.75, 3.05) is 19.8 Å². The number of primary amides is 1. The molecule has 2 aliphatic heterocycles. The maximum Gasteiger partial charge on any atom is 0.234 e. The van der Waals surface area contributed by atoms with Crippen molar-refractivity contribution >= 4 is 5.91 Å². The van der Waals surface area contributed by atoms with E-state index >= 15 is 0 Å². The highest BCUT2D eigenvalue weighted by atomic mass is 16.7. The molecule has 1 atom stereocenters. The van der Waals surface area contributed by atoms with Crippen LogP contribution in [0.15, 0.2) is 0 Å². The number of rotatable bonds is 1. The number of hydrogen-bond donors (Lipinski definition) is 2. The maximum absolute atomic E-state index is 10.8. The van der Waals surface area contributed by atoms with Crippen molar-refractivity contribution in [2.45, 2.75) is 18.2 Å². The summed E-state index contributed by atoms with van der Waals surface area (Å²) in [6, 6.07) is -0.303. The first-order chi connectivity index (χ1) is 5.72. The van der Waals surface area contributed by atoms with Crippen LogP contribution < -0.4 is 11.1 Å². The molecule has 5 nitrogen and oxygen atoms in total. The summed E-state index contributed by atoms with van der Waals surface area (Å²) >= 11 is 0. The zero-order chi connectivity index (χ0) is 8.60. The molecule has 0 bridgehead atoms. The van der Waals surface area contributed by atoms with Crippen molar-refractivity contribution in [1.82, 2.24) is 5.32 Å². The van der Waals surface area contributed by atoms with Crippen molar-refractivity contribution in [3.05, 3.63) is 0 Å². The van der Waals surface area contributed by atoms with Crippen LogP contribution in [-0.4, -0.2) is 37.5 Å². The lowest BCUT2D eigenvalue weighted by Gasteiger charge is -2.19. The Balaban J connectivity index is 2.01. The average molecular weight is 172 g/mol. The minimum absolute atomic E-state index is 0.303. The van der Waals surface area contributed by atoms with Crippen molar-refractivity contribution in [3.8, 4) is 0 Å². The number of nitrogens with one attached hydrogen (secondary N) is 1. The van der Waals surface area contributed by atoms with Crippen LogP contribution in [0.3, 0.4) is 0 Å². The predicted octanol–water partition coefficient (Wildman–Crippen LogP) is -1.42. The molecule has 0 saturated carbocycles. The van der Waals surface area contributed by atoms with Gasteiger partial charge in [-0.3, -0.25) is 4.79 Å². The Bertz CT molecular complexity index is 201. The minimum Gasteiger partial charge on any atom is -0.368 e. The number of ether oxygens (including phenoxy) is 2. The number of amides is 1. The molecule has 2 aliphatic rings. The van der Waals surface area contributed by atoms with E-state index in [1.54, 1.807) is 0 Å². The van der Waals surface area contributed by atoms with Crippen LogP contribution in [0.1, 0.15) is 6.42 Å². The lowest BCUT2D eigenvalue weighted by atomic mass is 10.1. The Morgan fingerprint density at radius 2 is 2.17 bits per heavy atom. The number of carbonyl (C=O) groups excluding carboxylic acids is 1. The third kappa shape index (κ3) is 1.20. The van der Waals surface area contributed by atoms with Crippen LogP contribution >= 0.6 is 0 Å². The summed E-state index contributed by atoms with van der Waals surface area (Å²) in [6.45, 7) is 1.76. The van der Waals surface area contributed by atoms with Crippen LogP contribution in [-0.2, 0) is 14.3 Å². The molecule has 2 heterocycles. The van der Waals surface area contributed by atoms with E-state index in [9.17, 15) is 4.79 Å². The van der Waals surface area contributed by atoms with Crippen molar-refractivity contribution < 1.29 is 14.3 Å². The van der Waals surface area contributed by atoms with Crippen molar-refractivity contribution in [2.24, 2.45) is 5.73 Å². The van der Waals surface area contributed by atoms with E-state index in [0.29, 0.717) is 26.2 Å². The molecule has 5 heteroatoms. The Morgan fingerprint density at radius 3 is 2.67 bits per heavy atom. The molecule has 1 amide bonds. The highest BCUT2D eigenvalue weighted by Gasteiger charge is 2.45. The fourth-order valence-electron chi connectivity index (χ4n) is 1.65. The highest BCUT2D eigenvalue weighted by molar-refractivity contribution is 5.80. The van der Waals surface area contributed by atoms with E-state index in [0.717, 1.165) is 0 Å². The fraction of sp³-hybridized carbons (Fsp3) is 0.857. The van der Waals surface area contributed by atoms with Gasteiger partial charge in [0.05, 0.1) is 25.8 Å². The summed E-state index contributed by atoms with van der Waals surface area (Å²) in [6.07, 6.45) is 0.530. The largest absolute Gasteiger partial charge is 0.368 e. The SMILES string of the molecule is NC(=O)[C@@H]1CC2(CN1)OCCO2. The first-order valence-corrected chi connectivity index (χ1v) is 4.02. The third-order valence-electron chi connectivity index (χ3n) is 2.29. The summed E-state index contributed by atoms with van der Waals surface area (Å²) in [4.78, 5) is 10.8. The van der Waals surface area contributed by atoms with E-state index in [-0.39, 0.29) is 11.9 Å². The van der Waals surface area contributed by atoms with Gasteiger partial charge in [-0.1, -0.05) is 0 Å². The minimum atomic E-state index is -0.570. The van der Waals surface area contributed by atoms with Gasteiger partial charge < -0.3 is 20.5 Å². The molecule has 2 rings (SSSR count). The molecule has 1 spiro atoms. The molecule has 0 aliphatic carbocycles. The molecule has 0 unspecified atom stereocenters. The number of nitrogens with two attached hydrogens (primary N) is 1. The van der Waals surface area contributed by atoms with E-state index in [1.165, 1.54) is 0 Å². The monoisotopic (exact) mass is 172 g/mol. The lowest BCUT2D eigenvalue weighted by Crippen LogP contribution is -2.36. The Hall–Kier alpha value is -0.650. The van der Waals surface area contributed by atoms with Crippen LogP contribution in [0.2, 0.25) is 0 Å². The van der Waals surface area contributed by atoms with Gasteiger partial charge in [0.1, 0.15) is 0 Å². The second kappa shape index (κ2) is 2.69. The second-order valence-electron chi connectivity index (χ2n) is 3.15. The van der Waals surface area contributed by atoms with Crippen LogP contribution in [0.4, 0.5) is 0 Å². The van der Waals surface area contributed by atoms with E-state index in [4.69, 9.17) is 15.2 Å². The number of carbonyl (C=O) groups is 1. The van der Waals surface area contributed by atoms with Gasteiger partial charge in [0.2, 0.25) is 5.91 Å². The summed E-state index contributed by atoms with van der Waals surface area (Å²) < 4.78 is 10.8. The molecular formula is C7H12N2O3. The van der Waals surface area contributed by atoms with Crippen LogP contribution in [0.25, 0.3) is 0 Å². The normalized spacial score (nSPS) is 32.8. The van der Waals surface area contributed by atoms with Gasteiger partial charge in [0.25, 0.3) is 0 Å². The quantitative estimate of drug-likeness (QED) is 0.509. The first-order valence-electron chi connectivity index (χ1n) is 4.02. The first kappa shape index (κ1) is 7.97. The molecule has 2 fully saturated rings. The molecule has 0 radical (unpaired) electrons. The average Bonchev–Trinajstić information content (AvgIpc) is 2.62. The molecular weight excluding hydrogens is 160 g/mol. The van der Waals surface area contributed by atoms with Crippen molar-refractivity contribution in [1.29, 1.82) is 0 Å². The van der Waals surface area contributed by atoms with Crippen LogP contribution in [0, 0.1) is 0 Å². The molecule has 0 aromatic heterocycles. The molecule has 0 aromatic rings. The third-order valence-corrected chi connectivity index (χ3v) is 2.29. The summed E-state index contributed by atoms with van der Waals surface area (Å²) in [5, 5.41) is 2.96.